The smallest absolute Gasteiger partial charge is 0.0776 e. The van der Waals surface area contributed by atoms with Crippen LogP contribution < -0.4 is 5.06 Å². The highest BCUT2D eigenvalue weighted by Crippen LogP contribution is 2.26. The summed E-state index contributed by atoms with van der Waals surface area (Å²) in [6, 6.07) is 8.59. The quantitative estimate of drug-likeness (QED) is 0.708. The van der Waals surface area contributed by atoms with Gasteiger partial charge in [-0.25, -0.2) is 0 Å². The molecular weight excluding hydrogens is 272 g/mol. The van der Waals surface area contributed by atoms with E-state index in [-0.39, 0.29) is 0 Å². The summed E-state index contributed by atoms with van der Waals surface area (Å²) in [7, 11) is 0. The van der Waals surface area contributed by atoms with Crippen LogP contribution in [0.3, 0.4) is 0 Å². The van der Waals surface area contributed by atoms with Crippen molar-refractivity contribution in [3.05, 3.63) is 29.8 Å². The second-order valence-electron chi connectivity index (χ2n) is 6.88. The molecule has 2 fully saturated rings. The number of para-hydroxylation sites is 1. The highest BCUT2D eigenvalue weighted by atomic mass is 16.7. The van der Waals surface area contributed by atoms with Gasteiger partial charge in [0.1, 0.15) is 0 Å². The Balaban J connectivity index is 1.60. The molecule has 3 heteroatoms. The molecule has 2 aliphatic rings. The third-order valence-electron chi connectivity index (χ3n) is 5.14. The molecule has 3 nitrogen and oxygen atoms in total. The number of hydrogen-bond acceptors (Lipinski definition) is 3. The van der Waals surface area contributed by atoms with Crippen LogP contribution in [0.4, 0.5) is 5.69 Å². The molecule has 1 aromatic rings. The lowest BCUT2D eigenvalue weighted by molar-refractivity contribution is 0.0742. The summed E-state index contributed by atoms with van der Waals surface area (Å²) in [4.78, 5) is 8.82. The Hall–Kier alpha value is -1.06. The SMILES string of the molecule is Cc1ccccc1N(CCN1CCCC1)OCC1CCCC1. The Bertz CT molecular complexity index is 431. The summed E-state index contributed by atoms with van der Waals surface area (Å²) in [5.41, 5.74) is 2.54. The van der Waals surface area contributed by atoms with Crippen molar-refractivity contribution in [3.8, 4) is 0 Å². The van der Waals surface area contributed by atoms with Gasteiger partial charge in [0.05, 0.1) is 18.8 Å². The molecule has 0 aromatic heterocycles. The molecule has 22 heavy (non-hydrogen) atoms. The van der Waals surface area contributed by atoms with Gasteiger partial charge in [0.2, 0.25) is 0 Å². The van der Waals surface area contributed by atoms with E-state index in [0.717, 1.165) is 25.6 Å². The van der Waals surface area contributed by atoms with Crippen molar-refractivity contribution in [1.82, 2.24) is 4.90 Å². The van der Waals surface area contributed by atoms with Crippen molar-refractivity contribution in [3.63, 3.8) is 0 Å². The summed E-state index contributed by atoms with van der Waals surface area (Å²) in [6.45, 7) is 7.65. The maximum absolute atomic E-state index is 6.26. The predicted molar refractivity (Wildman–Crippen MR) is 92.1 cm³/mol. The number of likely N-dealkylation sites (tertiary alicyclic amines) is 1. The molecule has 0 radical (unpaired) electrons. The van der Waals surface area contributed by atoms with Gasteiger partial charge in [0.25, 0.3) is 0 Å². The van der Waals surface area contributed by atoms with E-state index < -0.39 is 0 Å². The van der Waals surface area contributed by atoms with Gasteiger partial charge in [0, 0.05) is 6.54 Å². The second kappa shape index (κ2) is 7.98. The van der Waals surface area contributed by atoms with Crippen molar-refractivity contribution in [1.29, 1.82) is 0 Å². The first-order valence-corrected chi connectivity index (χ1v) is 9.01. The maximum Gasteiger partial charge on any atom is 0.0776 e. The Labute approximate surface area is 135 Å². The molecule has 1 aliphatic heterocycles. The average molecular weight is 302 g/mol. The molecule has 1 saturated carbocycles. The minimum Gasteiger partial charge on any atom is -0.301 e. The van der Waals surface area contributed by atoms with Gasteiger partial charge in [-0.05, 0) is 63.2 Å². The summed E-state index contributed by atoms with van der Waals surface area (Å²) >= 11 is 0. The van der Waals surface area contributed by atoms with E-state index in [1.165, 1.54) is 62.9 Å². The summed E-state index contributed by atoms with van der Waals surface area (Å²) in [5.74, 6) is 0.762. The third-order valence-corrected chi connectivity index (χ3v) is 5.14. The van der Waals surface area contributed by atoms with Gasteiger partial charge in [-0.3, -0.25) is 9.90 Å². The van der Waals surface area contributed by atoms with Crippen LogP contribution in [-0.4, -0.2) is 37.7 Å². The molecule has 0 bridgehead atoms. The van der Waals surface area contributed by atoms with Crippen LogP contribution in [0.1, 0.15) is 44.1 Å². The van der Waals surface area contributed by atoms with Crippen LogP contribution in [0.5, 0.6) is 0 Å². The molecule has 1 aliphatic carbocycles. The fourth-order valence-corrected chi connectivity index (χ4v) is 3.71. The zero-order chi connectivity index (χ0) is 15.2. The standard InChI is InChI=1S/C19H30N2O/c1-17-8-2-5-11-19(17)21(15-14-20-12-6-7-13-20)22-16-18-9-3-4-10-18/h2,5,8,11,18H,3-4,6-7,9-10,12-16H2,1H3. The van der Waals surface area contributed by atoms with Crippen LogP contribution in [0, 0.1) is 12.8 Å². The second-order valence-corrected chi connectivity index (χ2v) is 6.88. The number of nitrogens with zero attached hydrogens (tertiary/aromatic N) is 2. The molecule has 1 heterocycles. The van der Waals surface area contributed by atoms with E-state index in [9.17, 15) is 0 Å². The number of anilines is 1. The van der Waals surface area contributed by atoms with Crippen molar-refractivity contribution < 1.29 is 4.84 Å². The monoisotopic (exact) mass is 302 g/mol. The average Bonchev–Trinajstić information content (AvgIpc) is 3.21. The minimum atomic E-state index is 0.762. The number of hydrogen-bond donors (Lipinski definition) is 0. The van der Waals surface area contributed by atoms with Crippen LogP contribution in [0.25, 0.3) is 0 Å². The maximum atomic E-state index is 6.26. The van der Waals surface area contributed by atoms with E-state index in [1.54, 1.807) is 0 Å². The number of rotatable bonds is 7. The van der Waals surface area contributed by atoms with E-state index in [1.807, 2.05) is 0 Å². The topological polar surface area (TPSA) is 15.7 Å². The van der Waals surface area contributed by atoms with Crippen molar-refractivity contribution >= 4 is 5.69 Å². The fraction of sp³-hybridized carbons (Fsp3) is 0.684. The van der Waals surface area contributed by atoms with Crippen LogP contribution in [0.2, 0.25) is 0 Å². The Morgan fingerprint density at radius 3 is 2.55 bits per heavy atom. The van der Waals surface area contributed by atoms with Crippen LogP contribution in [0.15, 0.2) is 24.3 Å². The molecule has 122 valence electrons. The zero-order valence-corrected chi connectivity index (χ0v) is 14.0. The number of aryl methyl sites for hydroxylation is 1. The van der Waals surface area contributed by atoms with Gasteiger partial charge in [-0.2, -0.15) is 0 Å². The van der Waals surface area contributed by atoms with Crippen LogP contribution >= 0.6 is 0 Å². The van der Waals surface area contributed by atoms with Gasteiger partial charge < -0.3 is 4.90 Å². The number of hydroxylamine groups is 1. The highest BCUT2D eigenvalue weighted by molar-refractivity contribution is 5.50. The molecular formula is C19H30N2O. The van der Waals surface area contributed by atoms with Gasteiger partial charge >= 0.3 is 0 Å². The Kier molecular flexibility index (Phi) is 5.74. The normalized spacial score (nSPS) is 19.9. The van der Waals surface area contributed by atoms with Crippen molar-refractivity contribution in [2.75, 3.05) is 37.8 Å². The Morgan fingerprint density at radius 2 is 1.82 bits per heavy atom. The van der Waals surface area contributed by atoms with Crippen molar-refractivity contribution in [2.24, 2.45) is 5.92 Å². The lowest BCUT2D eigenvalue weighted by Gasteiger charge is -2.28. The van der Waals surface area contributed by atoms with Crippen molar-refractivity contribution in [2.45, 2.75) is 45.4 Å². The molecule has 0 spiro atoms. The molecule has 1 saturated heterocycles. The molecule has 0 N–H and O–H groups in total. The fourth-order valence-electron chi connectivity index (χ4n) is 3.71. The van der Waals surface area contributed by atoms with E-state index in [0.29, 0.717) is 0 Å². The number of benzene rings is 1. The first-order valence-electron chi connectivity index (χ1n) is 9.01. The van der Waals surface area contributed by atoms with Crippen LogP contribution in [-0.2, 0) is 4.84 Å². The lowest BCUT2D eigenvalue weighted by atomic mass is 10.1. The van der Waals surface area contributed by atoms with E-state index >= 15 is 0 Å². The van der Waals surface area contributed by atoms with Gasteiger partial charge in [-0.15, -0.1) is 0 Å². The summed E-state index contributed by atoms with van der Waals surface area (Å²) < 4.78 is 0. The largest absolute Gasteiger partial charge is 0.301 e. The summed E-state index contributed by atoms with van der Waals surface area (Å²) in [5, 5.41) is 2.16. The molecule has 0 amide bonds. The third kappa shape index (κ3) is 4.23. The van der Waals surface area contributed by atoms with Gasteiger partial charge in [-0.1, -0.05) is 31.0 Å². The first-order chi connectivity index (χ1) is 10.8. The molecule has 0 atom stereocenters. The van der Waals surface area contributed by atoms with E-state index in [2.05, 4.69) is 41.2 Å². The molecule has 0 unspecified atom stereocenters. The first kappa shape index (κ1) is 15.8. The Morgan fingerprint density at radius 1 is 1.09 bits per heavy atom. The summed E-state index contributed by atoms with van der Waals surface area (Å²) in [6.07, 6.45) is 8.15. The van der Waals surface area contributed by atoms with Gasteiger partial charge in [0.15, 0.2) is 0 Å². The zero-order valence-electron chi connectivity index (χ0n) is 14.0. The lowest BCUT2D eigenvalue weighted by Crippen LogP contribution is -2.35. The minimum absolute atomic E-state index is 0.762. The molecule has 3 rings (SSSR count). The predicted octanol–water partition coefficient (Wildman–Crippen LogP) is 4.02. The molecule has 1 aromatic carbocycles. The van der Waals surface area contributed by atoms with E-state index in [4.69, 9.17) is 4.84 Å². The highest BCUT2D eigenvalue weighted by Gasteiger charge is 2.19.